The molecule has 0 bridgehead atoms. The lowest BCUT2D eigenvalue weighted by atomic mass is 9.95. The molecule has 0 aromatic heterocycles. The summed E-state index contributed by atoms with van der Waals surface area (Å²) in [6.07, 6.45) is 1.48. The summed E-state index contributed by atoms with van der Waals surface area (Å²) in [6.45, 7) is 7.39. The zero-order valence-corrected chi connectivity index (χ0v) is 16.1. The maximum atomic E-state index is 12.6. The van der Waals surface area contributed by atoms with Crippen LogP contribution in [0.15, 0.2) is 43.0 Å². The summed E-state index contributed by atoms with van der Waals surface area (Å²) in [5.74, 6) is -1.18. The van der Waals surface area contributed by atoms with E-state index >= 15 is 0 Å². The number of carbonyl (C=O) groups excluding carboxylic acids is 3. The van der Waals surface area contributed by atoms with Crippen LogP contribution >= 0.6 is 11.8 Å². The van der Waals surface area contributed by atoms with E-state index in [0.29, 0.717) is 5.56 Å². The van der Waals surface area contributed by atoms with E-state index < -0.39 is 34.7 Å². The number of benzene rings is 1. The molecule has 1 aromatic carbocycles. The Kier molecular flexibility index (Phi) is 5.30. The Morgan fingerprint density at radius 3 is 2.70 bits per heavy atom. The lowest BCUT2D eigenvalue weighted by Gasteiger charge is -2.44. The minimum Gasteiger partial charge on any atom is -0.460 e. The van der Waals surface area contributed by atoms with Gasteiger partial charge in [0.25, 0.3) is 0 Å². The molecule has 3 rings (SSSR count). The third kappa shape index (κ3) is 3.46. The second-order valence-corrected chi connectivity index (χ2v) is 8.82. The molecule has 2 aliphatic rings. The van der Waals surface area contributed by atoms with Gasteiger partial charge in [-0.1, -0.05) is 43.0 Å². The van der Waals surface area contributed by atoms with E-state index in [-0.39, 0.29) is 17.9 Å². The summed E-state index contributed by atoms with van der Waals surface area (Å²) in [5.41, 5.74) is 6.67. The largest absolute Gasteiger partial charge is 0.460 e. The predicted molar refractivity (Wildman–Crippen MR) is 103 cm³/mol. The number of nitrogens with two attached hydrogens (primary N) is 1. The zero-order valence-electron chi connectivity index (χ0n) is 15.3. The van der Waals surface area contributed by atoms with Crippen LogP contribution in [0.5, 0.6) is 0 Å². The molecule has 0 unspecified atom stereocenters. The fourth-order valence-corrected chi connectivity index (χ4v) is 5.02. The number of nitrogens with zero attached hydrogens (tertiary/aromatic N) is 1. The van der Waals surface area contributed by atoms with Crippen molar-refractivity contribution in [1.29, 1.82) is 0 Å². The number of hydrogen-bond donors (Lipinski definition) is 2. The van der Waals surface area contributed by atoms with E-state index in [1.807, 2.05) is 19.9 Å². The van der Waals surface area contributed by atoms with E-state index in [1.165, 1.54) is 22.7 Å². The fourth-order valence-electron chi connectivity index (χ4n) is 3.40. The Hall–Kier alpha value is -2.32. The van der Waals surface area contributed by atoms with Crippen LogP contribution in [-0.4, -0.2) is 51.5 Å². The van der Waals surface area contributed by atoms with Gasteiger partial charge in [0, 0.05) is 4.75 Å². The van der Waals surface area contributed by atoms with Crippen LogP contribution in [0.3, 0.4) is 0 Å². The molecule has 27 heavy (non-hydrogen) atoms. The first-order chi connectivity index (χ1) is 12.8. The minimum absolute atomic E-state index is 0.0921. The van der Waals surface area contributed by atoms with Gasteiger partial charge in [0.05, 0.1) is 0 Å². The molecule has 8 heteroatoms. The highest BCUT2D eigenvalue weighted by atomic mass is 32.2. The van der Waals surface area contributed by atoms with Crippen molar-refractivity contribution in [2.75, 3.05) is 6.61 Å². The van der Waals surface area contributed by atoms with Crippen LogP contribution in [0.2, 0.25) is 0 Å². The summed E-state index contributed by atoms with van der Waals surface area (Å²) in [6, 6.07) is 6.70. The summed E-state index contributed by atoms with van der Waals surface area (Å²) < 4.78 is 4.62. The van der Waals surface area contributed by atoms with E-state index in [2.05, 4.69) is 11.9 Å². The molecule has 0 aliphatic carbocycles. The van der Waals surface area contributed by atoms with Crippen LogP contribution in [0, 0.1) is 0 Å². The molecule has 2 fully saturated rings. The first kappa shape index (κ1) is 19.4. The number of rotatable bonds is 6. The smallest absolute Gasteiger partial charge is 0.330 e. The average Bonchev–Trinajstić information content (AvgIpc) is 2.92. The van der Waals surface area contributed by atoms with E-state index in [9.17, 15) is 14.4 Å². The second kappa shape index (κ2) is 7.36. The number of ether oxygens (including phenoxy) is 1. The van der Waals surface area contributed by atoms with E-state index in [4.69, 9.17) is 10.5 Å². The molecule has 2 aliphatic heterocycles. The van der Waals surface area contributed by atoms with Crippen LogP contribution in [-0.2, 0) is 19.1 Å². The fraction of sp³-hybridized carbons (Fsp3) is 0.421. The number of carbonyl (C=O) groups is 3. The SMILES string of the molecule is C=CCOC(=O)[C@@H]1N2C(=O)[C@@H](NC(=O)[C@H](N)c3ccccc3)[C@H]2SC1(C)C. The van der Waals surface area contributed by atoms with Crippen molar-refractivity contribution in [2.24, 2.45) is 5.73 Å². The van der Waals surface area contributed by atoms with Gasteiger partial charge in [0.15, 0.2) is 0 Å². The molecule has 0 radical (unpaired) electrons. The standard InChI is InChI=1S/C19H23N3O4S/c1-4-10-26-18(25)14-19(2,3)27-17-13(16(24)22(14)17)21-15(23)12(20)11-8-6-5-7-9-11/h4-9,12-14,17H,1,10,20H2,2-3H3,(H,21,23)/t12-,13-,14+,17-/m1/s1. The summed E-state index contributed by atoms with van der Waals surface area (Å²) in [5, 5.41) is 2.41. The third-order valence-corrected chi connectivity index (χ3v) is 6.32. The van der Waals surface area contributed by atoms with E-state index in [0.717, 1.165) is 0 Å². The first-order valence-electron chi connectivity index (χ1n) is 8.66. The minimum atomic E-state index is -0.860. The predicted octanol–water partition coefficient (Wildman–Crippen LogP) is 0.963. The van der Waals surface area contributed by atoms with Gasteiger partial charge in [-0.2, -0.15) is 0 Å². The average molecular weight is 389 g/mol. The number of hydrogen-bond acceptors (Lipinski definition) is 6. The Morgan fingerprint density at radius 1 is 1.41 bits per heavy atom. The summed E-state index contributed by atoms with van der Waals surface area (Å²) in [7, 11) is 0. The van der Waals surface area contributed by atoms with Gasteiger partial charge in [-0.3, -0.25) is 9.59 Å². The van der Waals surface area contributed by atoms with Gasteiger partial charge in [0.1, 0.15) is 30.1 Å². The number of fused-ring (bicyclic) bond motifs is 1. The molecule has 1 aromatic rings. The molecular weight excluding hydrogens is 366 g/mol. The van der Waals surface area contributed by atoms with Crippen LogP contribution < -0.4 is 11.1 Å². The van der Waals surface area contributed by atoms with Crippen molar-refractivity contribution in [3.63, 3.8) is 0 Å². The highest BCUT2D eigenvalue weighted by Crippen LogP contribution is 2.51. The van der Waals surface area contributed by atoms with Crippen LogP contribution in [0.25, 0.3) is 0 Å². The molecule has 3 N–H and O–H groups in total. The highest BCUT2D eigenvalue weighted by molar-refractivity contribution is 8.01. The van der Waals surface area contributed by atoms with Crippen molar-refractivity contribution < 1.29 is 19.1 Å². The Labute approximate surface area is 162 Å². The molecule has 7 nitrogen and oxygen atoms in total. The quantitative estimate of drug-likeness (QED) is 0.427. The van der Waals surface area contributed by atoms with Gasteiger partial charge in [-0.05, 0) is 19.4 Å². The van der Waals surface area contributed by atoms with Gasteiger partial charge < -0.3 is 20.7 Å². The molecule has 2 amide bonds. The zero-order chi connectivity index (χ0) is 19.8. The number of β-lactam (4-membered cyclic amide) rings is 1. The molecule has 2 saturated heterocycles. The monoisotopic (exact) mass is 389 g/mol. The maximum absolute atomic E-state index is 12.6. The van der Waals surface area contributed by atoms with Crippen molar-refractivity contribution in [2.45, 2.75) is 42.1 Å². The summed E-state index contributed by atoms with van der Waals surface area (Å²) in [4.78, 5) is 39.0. The normalized spacial score (nSPS) is 26.6. The van der Waals surface area contributed by atoms with Crippen molar-refractivity contribution in [3.05, 3.63) is 48.6 Å². The van der Waals surface area contributed by atoms with Crippen molar-refractivity contribution in [3.8, 4) is 0 Å². The molecule has 2 heterocycles. The third-order valence-electron chi connectivity index (χ3n) is 4.75. The number of nitrogens with one attached hydrogen (secondary N) is 1. The van der Waals surface area contributed by atoms with Crippen LogP contribution in [0.1, 0.15) is 25.5 Å². The molecular formula is C19H23N3O4S. The van der Waals surface area contributed by atoms with Gasteiger partial charge in [-0.15, -0.1) is 11.8 Å². The summed E-state index contributed by atoms with van der Waals surface area (Å²) >= 11 is 1.47. The lowest BCUT2D eigenvalue weighted by Crippen LogP contribution is -2.71. The van der Waals surface area contributed by atoms with Crippen molar-refractivity contribution >= 4 is 29.5 Å². The molecule has 144 valence electrons. The molecule has 0 saturated carbocycles. The Morgan fingerprint density at radius 2 is 2.07 bits per heavy atom. The van der Waals surface area contributed by atoms with Crippen molar-refractivity contribution in [1.82, 2.24) is 10.2 Å². The Bertz CT molecular complexity index is 767. The highest BCUT2D eigenvalue weighted by Gasteiger charge is 2.64. The maximum Gasteiger partial charge on any atom is 0.330 e. The first-order valence-corrected chi connectivity index (χ1v) is 9.54. The van der Waals surface area contributed by atoms with Gasteiger partial charge in [-0.25, -0.2) is 4.79 Å². The number of amides is 2. The second-order valence-electron chi connectivity index (χ2n) is 7.05. The van der Waals surface area contributed by atoms with E-state index in [1.54, 1.807) is 24.3 Å². The van der Waals surface area contributed by atoms with Crippen LogP contribution in [0.4, 0.5) is 0 Å². The number of esters is 1. The lowest BCUT2D eigenvalue weighted by molar-refractivity contribution is -0.163. The molecule has 0 spiro atoms. The molecule has 4 atom stereocenters. The topological polar surface area (TPSA) is 102 Å². The number of thioether (sulfide) groups is 1. The van der Waals surface area contributed by atoms with Gasteiger partial charge >= 0.3 is 5.97 Å². The Balaban J connectivity index is 1.69. The van der Waals surface area contributed by atoms with Gasteiger partial charge in [0.2, 0.25) is 11.8 Å².